The van der Waals surface area contributed by atoms with Gasteiger partial charge in [0.2, 0.25) is 11.8 Å². The summed E-state index contributed by atoms with van der Waals surface area (Å²) in [7, 11) is 1.58. The van der Waals surface area contributed by atoms with Crippen LogP contribution in [0.25, 0.3) is 11.1 Å². The van der Waals surface area contributed by atoms with E-state index in [-0.39, 0.29) is 17.7 Å². The number of hydrogen-bond acceptors (Lipinski definition) is 3. The number of likely N-dealkylation sites (tertiary alicyclic amines) is 1. The van der Waals surface area contributed by atoms with E-state index in [9.17, 15) is 9.59 Å². The summed E-state index contributed by atoms with van der Waals surface area (Å²) in [4.78, 5) is 27.1. The van der Waals surface area contributed by atoms with Gasteiger partial charge < -0.3 is 15.0 Å². The summed E-state index contributed by atoms with van der Waals surface area (Å²) in [6.07, 6.45) is 0.651. The molecule has 1 aliphatic heterocycles. The number of hydrogen-bond donors (Lipinski definition) is 1. The maximum absolute atomic E-state index is 13.0. The molecule has 1 atom stereocenters. The predicted molar refractivity (Wildman–Crippen MR) is 107 cm³/mol. The van der Waals surface area contributed by atoms with Gasteiger partial charge in [0.05, 0.1) is 12.8 Å². The molecule has 1 heterocycles. The van der Waals surface area contributed by atoms with Crippen LogP contribution in [-0.2, 0) is 9.59 Å². The number of rotatable bonds is 5. The summed E-state index contributed by atoms with van der Waals surface area (Å²) < 4.78 is 5.42. The standard InChI is InChI=1S/C22H26N2O3/c1-15(2)20(25)24-13-12-22(24,3)21(26)23-18-14-17(10-11-19(18)27-4)16-8-6-5-7-9-16/h5-11,14-15H,12-13H2,1-4H3,(H,23,26). The Hall–Kier alpha value is -2.82. The summed E-state index contributed by atoms with van der Waals surface area (Å²) in [5.74, 6) is 0.274. The Balaban J connectivity index is 1.86. The highest BCUT2D eigenvalue weighted by molar-refractivity contribution is 6.02. The van der Waals surface area contributed by atoms with Crippen LogP contribution in [0.4, 0.5) is 5.69 Å². The first-order chi connectivity index (χ1) is 12.9. The van der Waals surface area contributed by atoms with E-state index in [4.69, 9.17) is 4.74 Å². The molecule has 5 nitrogen and oxygen atoms in total. The fraction of sp³-hybridized carbons (Fsp3) is 0.364. The Morgan fingerprint density at radius 1 is 1.11 bits per heavy atom. The third-order valence-corrected chi connectivity index (χ3v) is 5.22. The molecule has 0 bridgehead atoms. The first-order valence-electron chi connectivity index (χ1n) is 9.23. The van der Waals surface area contributed by atoms with Gasteiger partial charge in [0.1, 0.15) is 11.3 Å². The highest BCUT2D eigenvalue weighted by Crippen LogP contribution is 2.36. The van der Waals surface area contributed by atoms with Gasteiger partial charge in [-0.15, -0.1) is 0 Å². The van der Waals surface area contributed by atoms with Crippen LogP contribution in [0.3, 0.4) is 0 Å². The number of amides is 2. The first kappa shape index (κ1) is 19.0. The number of carbonyl (C=O) groups excluding carboxylic acids is 2. The van der Waals surface area contributed by atoms with Gasteiger partial charge in [-0.1, -0.05) is 50.2 Å². The molecule has 0 aromatic heterocycles. The number of nitrogens with zero attached hydrogens (tertiary/aromatic N) is 1. The molecule has 1 fully saturated rings. The van der Waals surface area contributed by atoms with Crippen LogP contribution in [0, 0.1) is 5.92 Å². The van der Waals surface area contributed by atoms with E-state index in [2.05, 4.69) is 5.32 Å². The van der Waals surface area contributed by atoms with Crippen LogP contribution in [-0.4, -0.2) is 35.9 Å². The predicted octanol–water partition coefficient (Wildman–Crippen LogP) is 3.95. The third kappa shape index (κ3) is 3.54. The molecule has 2 aromatic rings. The van der Waals surface area contributed by atoms with Gasteiger partial charge in [0.25, 0.3) is 0 Å². The highest BCUT2D eigenvalue weighted by Gasteiger charge is 2.49. The monoisotopic (exact) mass is 366 g/mol. The van der Waals surface area contributed by atoms with Crippen molar-refractivity contribution in [1.29, 1.82) is 0 Å². The van der Waals surface area contributed by atoms with E-state index in [0.29, 0.717) is 24.4 Å². The molecular weight excluding hydrogens is 340 g/mol. The van der Waals surface area contributed by atoms with E-state index in [0.717, 1.165) is 11.1 Å². The van der Waals surface area contributed by atoms with Crippen molar-refractivity contribution >= 4 is 17.5 Å². The first-order valence-corrected chi connectivity index (χ1v) is 9.23. The lowest BCUT2D eigenvalue weighted by Crippen LogP contribution is -2.66. The van der Waals surface area contributed by atoms with Crippen LogP contribution >= 0.6 is 0 Å². The van der Waals surface area contributed by atoms with Crippen molar-refractivity contribution in [3.8, 4) is 16.9 Å². The molecule has 1 saturated heterocycles. The minimum absolute atomic E-state index is 0.00361. The topological polar surface area (TPSA) is 58.6 Å². The number of ether oxygens (including phenoxy) is 1. The van der Waals surface area contributed by atoms with Crippen LogP contribution in [0.2, 0.25) is 0 Å². The lowest BCUT2D eigenvalue weighted by Gasteiger charge is -2.49. The number of carbonyl (C=O) groups is 2. The zero-order valence-electron chi connectivity index (χ0n) is 16.3. The Morgan fingerprint density at radius 2 is 1.81 bits per heavy atom. The molecule has 0 saturated carbocycles. The maximum atomic E-state index is 13.0. The Kier molecular flexibility index (Phi) is 5.22. The molecule has 2 amide bonds. The highest BCUT2D eigenvalue weighted by atomic mass is 16.5. The third-order valence-electron chi connectivity index (χ3n) is 5.22. The molecule has 1 unspecified atom stereocenters. The zero-order chi connectivity index (χ0) is 19.6. The Morgan fingerprint density at radius 3 is 2.37 bits per heavy atom. The van der Waals surface area contributed by atoms with Crippen molar-refractivity contribution in [2.45, 2.75) is 32.7 Å². The van der Waals surface area contributed by atoms with E-state index >= 15 is 0 Å². The van der Waals surface area contributed by atoms with Crippen molar-refractivity contribution in [3.05, 3.63) is 48.5 Å². The summed E-state index contributed by atoms with van der Waals surface area (Å²) >= 11 is 0. The van der Waals surface area contributed by atoms with Gasteiger partial charge in [-0.2, -0.15) is 0 Å². The molecule has 2 aromatic carbocycles. The van der Waals surface area contributed by atoms with Crippen molar-refractivity contribution < 1.29 is 14.3 Å². The van der Waals surface area contributed by atoms with Crippen LogP contribution < -0.4 is 10.1 Å². The number of benzene rings is 2. The molecule has 0 radical (unpaired) electrons. The van der Waals surface area contributed by atoms with Crippen molar-refractivity contribution in [1.82, 2.24) is 4.90 Å². The smallest absolute Gasteiger partial charge is 0.250 e. The zero-order valence-corrected chi connectivity index (χ0v) is 16.3. The van der Waals surface area contributed by atoms with E-state index < -0.39 is 5.54 Å². The summed E-state index contributed by atoms with van der Waals surface area (Å²) in [6.45, 7) is 6.14. The summed E-state index contributed by atoms with van der Waals surface area (Å²) in [5.41, 5.74) is 1.83. The maximum Gasteiger partial charge on any atom is 0.250 e. The van der Waals surface area contributed by atoms with Gasteiger partial charge in [0, 0.05) is 12.5 Å². The normalized spacial score (nSPS) is 18.8. The molecule has 142 valence electrons. The molecular formula is C22H26N2O3. The van der Waals surface area contributed by atoms with Crippen LogP contribution in [0.1, 0.15) is 27.2 Å². The molecule has 5 heteroatoms. The minimum atomic E-state index is -0.824. The molecule has 1 N–H and O–H groups in total. The quantitative estimate of drug-likeness (QED) is 0.872. The second-order valence-electron chi connectivity index (χ2n) is 7.40. The van der Waals surface area contributed by atoms with Gasteiger partial charge in [0.15, 0.2) is 0 Å². The Bertz CT molecular complexity index is 848. The summed E-state index contributed by atoms with van der Waals surface area (Å²) in [6, 6.07) is 15.7. The van der Waals surface area contributed by atoms with E-state index in [1.54, 1.807) is 12.0 Å². The number of nitrogens with one attached hydrogen (secondary N) is 1. The lowest BCUT2D eigenvalue weighted by molar-refractivity contribution is -0.157. The average Bonchev–Trinajstić information content (AvgIpc) is 2.66. The van der Waals surface area contributed by atoms with Crippen LogP contribution in [0.5, 0.6) is 5.75 Å². The molecule has 3 rings (SSSR count). The van der Waals surface area contributed by atoms with Crippen LogP contribution in [0.15, 0.2) is 48.5 Å². The van der Waals surface area contributed by atoms with Crippen molar-refractivity contribution in [2.75, 3.05) is 19.0 Å². The van der Waals surface area contributed by atoms with Gasteiger partial charge in [-0.3, -0.25) is 9.59 Å². The van der Waals surface area contributed by atoms with Gasteiger partial charge >= 0.3 is 0 Å². The molecule has 0 aliphatic carbocycles. The van der Waals surface area contributed by atoms with E-state index in [1.807, 2.05) is 69.3 Å². The Labute approximate surface area is 160 Å². The molecule has 27 heavy (non-hydrogen) atoms. The number of anilines is 1. The number of methoxy groups -OCH3 is 1. The molecule has 0 spiro atoms. The van der Waals surface area contributed by atoms with Gasteiger partial charge in [-0.25, -0.2) is 0 Å². The lowest BCUT2D eigenvalue weighted by atomic mass is 9.84. The van der Waals surface area contributed by atoms with E-state index in [1.165, 1.54) is 0 Å². The van der Waals surface area contributed by atoms with Crippen molar-refractivity contribution in [3.63, 3.8) is 0 Å². The van der Waals surface area contributed by atoms with Crippen molar-refractivity contribution in [2.24, 2.45) is 5.92 Å². The average molecular weight is 366 g/mol. The largest absolute Gasteiger partial charge is 0.495 e. The second kappa shape index (κ2) is 7.43. The second-order valence-corrected chi connectivity index (χ2v) is 7.40. The SMILES string of the molecule is COc1ccc(-c2ccccc2)cc1NC(=O)C1(C)CCN1C(=O)C(C)C. The van der Waals surface area contributed by atoms with Gasteiger partial charge in [-0.05, 0) is 36.6 Å². The molecule has 1 aliphatic rings. The minimum Gasteiger partial charge on any atom is -0.495 e. The fourth-order valence-electron chi connectivity index (χ4n) is 3.33. The summed E-state index contributed by atoms with van der Waals surface area (Å²) in [5, 5.41) is 2.98. The fourth-order valence-corrected chi connectivity index (χ4v) is 3.33.